The van der Waals surface area contributed by atoms with E-state index in [4.69, 9.17) is 5.10 Å². The van der Waals surface area contributed by atoms with Crippen LogP contribution in [0.25, 0.3) is 0 Å². The molecule has 1 aliphatic heterocycles. The second-order valence-electron chi connectivity index (χ2n) is 7.05. The van der Waals surface area contributed by atoms with E-state index in [0.29, 0.717) is 6.42 Å². The Balaban J connectivity index is 1.66. The maximum absolute atomic E-state index is 11.2. The summed E-state index contributed by atoms with van der Waals surface area (Å²) in [4.78, 5) is 21.8. The first-order valence-electron chi connectivity index (χ1n) is 9.55. The lowest BCUT2D eigenvalue weighted by molar-refractivity contribution is -0.384. The van der Waals surface area contributed by atoms with E-state index in [2.05, 4.69) is 5.32 Å². The largest absolute Gasteiger partial charge is 0.326 e. The van der Waals surface area contributed by atoms with Gasteiger partial charge in [0, 0.05) is 31.2 Å². The van der Waals surface area contributed by atoms with Gasteiger partial charge in [0.25, 0.3) is 5.69 Å². The van der Waals surface area contributed by atoms with Gasteiger partial charge in [-0.2, -0.15) is 5.10 Å². The van der Waals surface area contributed by atoms with Crippen LogP contribution in [0.2, 0.25) is 0 Å². The molecule has 150 valence electrons. The van der Waals surface area contributed by atoms with Crippen LogP contribution in [0.3, 0.4) is 0 Å². The van der Waals surface area contributed by atoms with Gasteiger partial charge in [0.05, 0.1) is 22.4 Å². The molecule has 7 heteroatoms. The molecule has 3 aromatic rings. The summed E-state index contributed by atoms with van der Waals surface area (Å²) in [6.45, 7) is 1.47. The second-order valence-corrected chi connectivity index (χ2v) is 7.05. The van der Waals surface area contributed by atoms with E-state index in [1.807, 2.05) is 59.6 Å². The van der Waals surface area contributed by atoms with Crippen LogP contribution in [0.5, 0.6) is 0 Å². The Labute approximate surface area is 173 Å². The summed E-state index contributed by atoms with van der Waals surface area (Å²) in [7, 11) is 0. The Morgan fingerprint density at radius 1 is 1.03 bits per heavy atom. The third-order valence-corrected chi connectivity index (χ3v) is 4.96. The SMILES string of the molecule is CC(=O)Nc1ccc(C2=NN(c3ccccc3)C(c3ccc([N+](=O)[O-])cc3)C2)cc1. The molecule has 0 bridgehead atoms. The van der Waals surface area contributed by atoms with Gasteiger partial charge in [-0.1, -0.05) is 42.5 Å². The number of carbonyl (C=O) groups is 1. The first kappa shape index (κ1) is 19.3. The highest BCUT2D eigenvalue weighted by Crippen LogP contribution is 2.37. The first-order valence-corrected chi connectivity index (χ1v) is 9.55. The summed E-state index contributed by atoms with van der Waals surface area (Å²) in [5.41, 5.74) is 4.59. The summed E-state index contributed by atoms with van der Waals surface area (Å²) in [6, 6.07) is 24.0. The van der Waals surface area contributed by atoms with Gasteiger partial charge in [-0.05, 0) is 35.4 Å². The minimum absolute atomic E-state index is 0.0673. The van der Waals surface area contributed by atoms with Gasteiger partial charge in [0.1, 0.15) is 0 Å². The Morgan fingerprint density at radius 2 is 1.70 bits per heavy atom. The zero-order chi connectivity index (χ0) is 21.1. The van der Waals surface area contributed by atoms with E-state index in [1.165, 1.54) is 19.1 Å². The van der Waals surface area contributed by atoms with Crippen LogP contribution in [0.15, 0.2) is 84.0 Å². The molecule has 1 amide bonds. The molecule has 30 heavy (non-hydrogen) atoms. The molecule has 0 radical (unpaired) electrons. The topological polar surface area (TPSA) is 87.8 Å². The predicted octanol–water partition coefficient (Wildman–Crippen LogP) is 4.91. The molecule has 0 aliphatic carbocycles. The van der Waals surface area contributed by atoms with Gasteiger partial charge >= 0.3 is 0 Å². The van der Waals surface area contributed by atoms with Gasteiger partial charge in [0.2, 0.25) is 5.91 Å². The number of hydrogen-bond donors (Lipinski definition) is 1. The van der Waals surface area contributed by atoms with E-state index in [-0.39, 0.29) is 17.6 Å². The number of hydrogen-bond acceptors (Lipinski definition) is 5. The molecule has 1 atom stereocenters. The molecule has 1 unspecified atom stereocenters. The van der Waals surface area contributed by atoms with Crippen molar-refractivity contribution in [3.8, 4) is 0 Å². The maximum atomic E-state index is 11.2. The van der Waals surface area contributed by atoms with Crippen molar-refractivity contribution in [1.82, 2.24) is 0 Å². The molecular weight excluding hydrogens is 380 g/mol. The molecule has 0 fully saturated rings. The molecule has 0 saturated heterocycles. The lowest BCUT2D eigenvalue weighted by atomic mass is 9.98. The Hall–Kier alpha value is -4.00. The predicted molar refractivity (Wildman–Crippen MR) is 117 cm³/mol. The average Bonchev–Trinajstić information content (AvgIpc) is 3.20. The van der Waals surface area contributed by atoms with Crippen LogP contribution in [0, 0.1) is 10.1 Å². The van der Waals surface area contributed by atoms with E-state index < -0.39 is 4.92 Å². The fourth-order valence-electron chi connectivity index (χ4n) is 3.53. The third-order valence-electron chi connectivity index (χ3n) is 4.96. The number of nitrogens with zero attached hydrogens (tertiary/aromatic N) is 3. The lowest BCUT2D eigenvalue weighted by Gasteiger charge is -2.23. The van der Waals surface area contributed by atoms with Crippen LogP contribution in [0.4, 0.5) is 17.1 Å². The monoisotopic (exact) mass is 400 g/mol. The smallest absolute Gasteiger partial charge is 0.269 e. The van der Waals surface area contributed by atoms with E-state index in [9.17, 15) is 14.9 Å². The van der Waals surface area contributed by atoms with Crippen molar-refractivity contribution in [2.75, 3.05) is 10.3 Å². The summed E-state index contributed by atoms with van der Waals surface area (Å²) in [5.74, 6) is -0.116. The molecule has 3 aromatic carbocycles. The van der Waals surface area contributed by atoms with Gasteiger partial charge in [0.15, 0.2) is 0 Å². The molecule has 0 spiro atoms. The van der Waals surface area contributed by atoms with Crippen molar-refractivity contribution < 1.29 is 9.72 Å². The van der Waals surface area contributed by atoms with Crippen molar-refractivity contribution in [2.45, 2.75) is 19.4 Å². The van der Waals surface area contributed by atoms with E-state index in [1.54, 1.807) is 12.1 Å². The molecular formula is C23H20N4O3. The quantitative estimate of drug-likeness (QED) is 0.487. The molecule has 1 heterocycles. The summed E-state index contributed by atoms with van der Waals surface area (Å²) >= 11 is 0. The summed E-state index contributed by atoms with van der Waals surface area (Å²) in [5, 5.41) is 20.6. The fraction of sp³-hybridized carbons (Fsp3) is 0.130. The summed E-state index contributed by atoms with van der Waals surface area (Å²) in [6.07, 6.45) is 0.659. The van der Waals surface area contributed by atoms with Crippen molar-refractivity contribution in [3.63, 3.8) is 0 Å². The second kappa shape index (κ2) is 8.16. The van der Waals surface area contributed by atoms with Crippen molar-refractivity contribution in [2.24, 2.45) is 5.10 Å². The minimum Gasteiger partial charge on any atom is -0.326 e. The molecule has 1 aliphatic rings. The number of rotatable bonds is 5. The Kier molecular flexibility index (Phi) is 5.26. The van der Waals surface area contributed by atoms with Gasteiger partial charge in [-0.3, -0.25) is 19.9 Å². The zero-order valence-corrected chi connectivity index (χ0v) is 16.4. The summed E-state index contributed by atoms with van der Waals surface area (Å²) < 4.78 is 0. The normalized spacial score (nSPS) is 15.6. The number of carbonyl (C=O) groups excluding carboxylic acids is 1. The van der Waals surface area contributed by atoms with Crippen molar-refractivity contribution in [1.29, 1.82) is 0 Å². The number of non-ortho nitro benzene ring substituents is 1. The highest BCUT2D eigenvalue weighted by Gasteiger charge is 2.30. The van der Waals surface area contributed by atoms with Gasteiger partial charge < -0.3 is 5.32 Å². The number of amides is 1. The molecule has 1 N–H and O–H groups in total. The van der Waals surface area contributed by atoms with Crippen LogP contribution >= 0.6 is 0 Å². The molecule has 0 aromatic heterocycles. The molecule has 0 saturated carbocycles. The Bertz CT molecular complexity index is 1090. The Morgan fingerprint density at radius 3 is 2.30 bits per heavy atom. The molecule has 7 nitrogen and oxygen atoms in total. The van der Waals surface area contributed by atoms with Crippen molar-refractivity contribution >= 4 is 28.7 Å². The minimum atomic E-state index is -0.397. The van der Waals surface area contributed by atoms with Crippen LogP contribution < -0.4 is 10.3 Å². The van der Waals surface area contributed by atoms with Gasteiger partial charge in [-0.25, -0.2) is 0 Å². The number of para-hydroxylation sites is 1. The van der Waals surface area contributed by atoms with Crippen molar-refractivity contribution in [3.05, 3.63) is 100 Å². The van der Waals surface area contributed by atoms with Crippen LogP contribution in [-0.2, 0) is 4.79 Å². The number of hydrazone groups is 1. The average molecular weight is 400 g/mol. The zero-order valence-electron chi connectivity index (χ0n) is 16.4. The van der Waals surface area contributed by atoms with E-state index >= 15 is 0 Å². The number of nitro groups is 1. The number of nitrogens with one attached hydrogen (secondary N) is 1. The molecule has 4 rings (SSSR count). The third kappa shape index (κ3) is 4.05. The van der Waals surface area contributed by atoms with E-state index in [0.717, 1.165) is 28.2 Å². The first-order chi connectivity index (χ1) is 14.5. The number of benzene rings is 3. The highest BCUT2D eigenvalue weighted by molar-refractivity contribution is 6.03. The number of nitro benzene ring substituents is 1. The van der Waals surface area contributed by atoms with Gasteiger partial charge in [-0.15, -0.1) is 0 Å². The maximum Gasteiger partial charge on any atom is 0.269 e. The van der Waals surface area contributed by atoms with Crippen LogP contribution in [-0.4, -0.2) is 16.5 Å². The highest BCUT2D eigenvalue weighted by atomic mass is 16.6. The lowest BCUT2D eigenvalue weighted by Crippen LogP contribution is -2.18. The van der Waals surface area contributed by atoms with Crippen LogP contribution in [0.1, 0.15) is 30.5 Å². The number of anilines is 2. The standard InChI is InChI=1S/C23H20N4O3/c1-16(28)24-19-11-7-17(8-12-19)22-15-23(18-9-13-21(14-10-18)27(29)30)26(25-22)20-5-3-2-4-6-20/h2-14,23H,15H2,1H3,(H,24,28). The fourth-order valence-corrected chi connectivity index (χ4v) is 3.53.